The molecule has 0 atom stereocenters. The first-order valence-corrected chi connectivity index (χ1v) is 7.25. The molecule has 0 fully saturated rings. The van der Waals surface area contributed by atoms with Crippen LogP contribution in [0.15, 0.2) is 18.3 Å². The van der Waals surface area contributed by atoms with Gasteiger partial charge in [-0.3, -0.25) is 0 Å². The van der Waals surface area contributed by atoms with Crippen LogP contribution in [-0.4, -0.2) is 14.5 Å². The molecule has 2 heterocycles. The highest BCUT2D eigenvalue weighted by Gasteiger charge is 2.16. The zero-order valence-electron chi connectivity index (χ0n) is 10.5. The van der Waals surface area contributed by atoms with Gasteiger partial charge in [-0.1, -0.05) is 0 Å². The zero-order chi connectivity index (χ0) is 14.3. The monoisotopic (exact) mass is 313 g/mol. The predicted octanol–water partition coefficient (Wildman–Crippen LogP) is 3.87. The SMILES string of the molecule is Cc1cnc(Cn2c(CCl)nc3c(F)cc(F)cc32)s1. The highest BCUT2D eigenvalue weighted by molar-refractivity contribution is 7.11. The smallest absolute Gasteiger partial charge is 0.153 e. The van der Waals surface area contributed by atoms with Gasteiger partial charge in [0.15, 0.2) is 5.82 Å². The molecular weight excluding hydrogens is 304 g/mol. The molecule has 0 unspecified atom stereocenters. The van der Waals surface area contributed by atoms with Crippen LogP contribution in [0, 0.1) is 18.6 Å². The van der Waals surface area contributed by atoms with Crippen molar-refractivity contribution in [2.45, 2.75) is 19.3 Å². The van der Waals surface area contributed by atoms with E-state index < -0.39 is 11.6 Å². The molecule has 3 nitrogen and oxygen atoms in total. The minimum Gasteiger partial charge on any atom is -0.320 e. The number of aromatic nitrogens is 3. The second kappa shape index (κ2) is 5.10. The van der Waals surface area contributed by atoms with Crippen molar-refractivity contribution in [3.8, 4) is 0 Å². The van der Waals surface area contributed by atoms with Gasteiger partial charge in [0.2, 0.25) is 0 Å². The van der Waals surface area contributed by atoms with Gasteiger partial charge in [-0.2, -0.15) is 0 Å². The fourth-order valence-electron chi connectivity index (χ4n) is 2.09. The van der Waals surface area contributed by atoms with Crippen molar-refractivity contribution in [2.75, 3.05) is 0 Å². The van der Waals surface area contributed by atoms with Gasteiger partial charge in [-0.15, -0.1) is 22.9 Å². The van der Waals surface area contributed by atoms with Crippen LogP contribution in [0.3, 0.4) is 0 Å². The molecule has 20 heavy (non-hydrogen) atoms. The summed E-state index contributed by atoms with van der Waals surface area (Å²) in [5, 5.41) is 0.845. The Morgan fingerprint density at radius 2 is 2.15 bits per heavy atom. The number of alkyl halides is 1. The molecule has 0 bridgehead atoms. The highest BCUT2D eigenvalue weighted by Crippen LogP contribution is 2.24. The molecule has 1 aromatic carbocycles. The van der Waals surface area contributed by atoms with Crippen molar-refractivity contribution >= 4 is 34.0 Å². The van der Waals surface area contributed by atoms with Crippen molar-refractivity contribution in [3.05, 3.63) is 45.7 Å². The van der Waals surface area contributed by atoms with E-state index in [9.17, 15) is 8.78 Å². The molecule has 0 saturated carbocycles. The standard InChI is InChI=1S/C13H10ClF2N3S/c1-7-5-17-12(20-7)6-19-10-3-8(15)2-9(16)13(10)18-11(19)4-14/h2-3,5H,4,6H2,1H3. The predicted molar refractivity (Wildman–Crippen MR) is 75.2 cm³/mol. The summed E-state index contributed by atoms with van der Waals surface area (Å²) in [5.41, 5.74) is 0.529. The molecule has 0 N–H and O–H groups in total. The average Bonchev–Trinajstić information content (AvgIpc) is 2.95. The number of fused-ring (bicyclic) bond motifs is 1. The van der Waals surface area contributed by atoms with E-state index in [1.54, 1.807) is 10.8 Å². The third-order valence-corrected chi connectivity index (χ3v) is 4.07. The van der Waals surface area contributed by atoms with Crippen molar-refractivity contribution in [2.24, 2.45) is 0 Å². The van der Waals surface area contributed by atoms with Gasteiger partial charge in [-0.05, 0) is 13.0 Å². The second-order valence-electron chi connectivity index (χ2n) is 4.37. The number of halogens is 3. The molecular formula is C13H10ClF2N3S. The molecule has 0 aliphatic carbocycles. The van der Waals surface area contributed by atoms with Crippen LogP contribution in [0.5, 0.6) is 0 Å². The van der Waals surface area contributed by atoms with Gasteiger partial charge >= 0.3 is 0 Å². The largest absolute Gasteiger partial charge is 0.320 e. The molecule has 3 rings (SSSR count). The summed E-state index contributed by atoms with van der Waals surface area (Å²) in [6, 6.07) is 2.09. The van der Waals surface area contributed by atoms with Gasteiger partial charge in [-0.25, -0.2) is 18.7 Å². The van der Waals surface area contributed by atoms with E-state index >= 15 is 0 Å². The summed E-state index contributed by atoms with van der Waals surface area (Å²) >= 11 is 7.38. The number of imidazole rings is 1. The average molecular weight is 314 g/mol. The Bertz CT molecular complexity index is 781. The van der Waals surface area contributed by atoms with Gasteiger partial charge in [0.1, 0.15) is 22.2 Å². The molecule has 104 valence electrons. The first kappa shape index (κ1) is 13.5. The lowest BCUT2D eigenvalue weighted by Gasteiger charge is -2.05. The topological polar surface area (TPSA) is 30.7 Å². The normalized spacial score (nSPS) is 11.4. The van der Waals surface area contributed by atoms with Gasteiger partial charge in [0.05, 0.1) is 17.9 Å². The maximum atomic E-state index is 13.7. The van der Waals surface area contributed by atoms with E-state index in [1.807, 2.05) is 6.92 Å². The molecule has 0 aliphatic rings. The number of benzene rings is 1. The lowest BCUT2D eigenvalue weighted by molar-refractivity contribution is 0.590. The Kier molecular flexibility index (Phi) is 3.43. The van der Waals surface area contributed by atoms with E-state index in [1.165, 1.54) is 17.4 Å². The molecule has 3 aromatic rings. The number of hydrogen-bond donors (Lipinski definition) is 0. The Labute approximate surface area is 122 Å². The molecule has 0 saturated heterocycles. The van der Waals surface area contributed by atoms with Crippen LogP contribution in [0.2, 0.25) is 0 Å². The van der Waals surface area contributed by atoms with E-state index in [2.05, 4.69) is 9.97 Å². The van der Waals surface area contributed by atoms with E-state index in [-0.39, 0.29) is 11.4 Å². The maximum absolute atomic E-state index is 13.7. The molecule has 0 aliphatic heterocycles. The summed E-state index contributed by atoms with van der Waals surface area (Å²) in [4.78, 5) is 9.48. The second-order valence-corrected chi connectivity index (χ2v) is 5.95. The third kappa shape index (κ3) is 2.29. The molecule has 2 aromatic heterocycles. The third-order valence-electron chi connectivity index (χ3n) is 2.93. The number of hydrogen-bond acceptors (Lipinski definition) is 3. The Morgan fingerprint density at radius 1 is 1.35 bits per heavy atom. The van der Waals surface area contributed by atoms with Crippen molar-refractivity contribution in [1.82, 2.24) is 14.5 Å². The summed E-state index contributed by atoms with van der Waals surface area (Å²) in [6.45, 7) is 2.36. The summed E-state index contributed by atoms with van der Waals surface area (Å²) in [6.07, 6.45) is 1.76. The Balaban J connectivity index is 2.17. The fraction of sp³-hybridized carbons (Fsp3) is 0.231. The van der Waals surface area contributed by atoms with Crippen molar-refractivity contribution in [3.63, 3.8) is 0 Å². The highest BCUT2D eigenvalue weighted by atomic mass is 35.5. The minimum atomic E-state index is -0.680. The summed E-state index contributed by atoms with van der Waals surface area (Å²) < 4.78 is 28.9. The number of aryl methyl sites for hydroxylation is 1. The van der Waals surface area contributed by atoms with Gasteiger partial charge in [0, 0.05) is 17.1 Å². The number of nitrogens with zero attached hydrogens (tertiary/aromatic N) is 3. The van der Waals surface area contributed by atoms with Crippen LogP contribution in [-0.2, 0) is 12.4 Å². The van der Waals surface area contributed by atoms with E-state index in [4.69, 9.17) is 11.6 Å². The maximum Gasteiger partial charge on any atom is 0.153 e. The molecule has 0 spiro atoms. The fourth-order valence-corrected chi connectivity index (χ4v) is 3.07. The first-order chi connectivity index (χ1) is 9.58. The quantitative estimate of drug-likeness (QED) is 0.687. The van der Waals surface area contributed by atoms with Crippen LogP contribution >= 0.6 is 22.9 Å². The van der Waals surface area contributed by atoms with Gasteiger partial charge < -0.3 is 4.57 Å². The van der Waals surface area contributed by atoms with Crippen molar-refractivity contribution in [1.29, 1.82) is 0 Å². The lowest BCUT2D eigenvalue weighted by atomic mass is 10.3. The van der Waals surface area contributed by atoms with Gasteiger partial charge in [0.25, 0.3) is 0 Å². The number of thiazole rings is 1. The number of rotatable bonds is 3. The Morgan fingerprint density at radius 3 is 2.80 bits per heavy atom. The molecule has 0 radical (unpaired) electrons. The molecule has 7 heteroatoms. The summed E-state index contributed by atoms with van der Waals surface area (Å²) in [5.74, 6) is -0.688. The van der Waals surface area contributed by atoms with Crippen LogP contribution in [0.4, 0.5) is 8.78 Å². The minimum absolute atomic E-state index is 0.125. The Hall–Kier alpha value is -1.53. The zero-order valence-corrected chi connectivity index (χ0v) is 12.1. The van der Waals surface area contributed by atoms with E-state index in [0.29, 0.717) is 17.9 Å². The molecule has 0 amide bonds. The van der Waals surface area contributed by atoms with E-state index in [0.717, 1.165) is 16.0 Å². The summed E-state index contributed by atoms with van der Waals surface area (Å²) in [7, 11) is 0. The lowest BCUT2D eigenvalue weighted by Crippen LogP contribution is -2.03. The van der Waals surface area contributed by atoms with Crippen LogP contribution in [0.1, 0.15) is 15.7 Å². The first-order valence-electron chi connectivity index (χ1n) is 5.90. The van der Waals surface area contributed by atoms with Crippen LogP contribution < -0.4 is 0 Å². The van der Waals surface area contributed by atoms with Crippen molar-refractivity contribution < 1.29 is 8.78 Å². The van der Waals surface area contributed by atoms with Crippen LogP contribution in [0.25, 0.3) is 11.0 Å².